The van der Waals surface area contributed by atoms with Crippen molar-refractivity contribution >= 4 is 17.4 Å². The van der Waals surface area contributed by atoms with E-state index in [2.05, 4.69) is 10.3 Å². The third-order valence-electron chi connectivity index (χ3n) is 2.34. The SMILES string of the molecule is CCC(C)NC(=O)c1cc(N)ncc1[N+](=O)[O-]. The summed E-state index contributed by atoms with van der Waals surface area (Å²) in [4.78, 5) is 25.5. The van der Waals surface area contributed by atoms with Gasteiger partial charge in [0.1, 0.15) is 17.6 Å². The zero-order valence-electron chi connectivity index (χ0n) is 9.64. The largest absolute Gasteiger partial charge is 0.384 e. The zero-order chi connectivity index (χ0) is 13.0. The van der Waals surface area contributed by atoms with E-state index in [1.54, 1.807) is 0 Å². The molecule has 1 aromatic heterocycles. The molecular formula is C10H14N4O3. The van der Waals surface area contributed by atoms with Crippen molar-refractivity contribution in [3.8, 4) is 0 Å². The Bertz CT molecular complexity index is 447. The Morgan fingerprint density at radius 1 is 1.71 bits per heavy atom. The summed E-state index contributed by atoms with van der Waals surface area (Å²) in [6, 6.07) is 1.15. The molecule has 17 heavy (non-hydrogen) atoms. The number of aromatic nitrogens is 1. The van der Waals surface area contributed by atoms with Gasteiger partial charge in [-0.3, -0.25) is 14.9 Å². The number of amides is 1. The Hall–Kier alpha value is -2.18. The van der Waals surface area contributed by atoms with Crippen molar-refractivity contribution in [1.29, 1.82) is 0 Å². The molecule has 92 valence electrons. The number of nitrogens with one attached hydrogen (secondary N) is 1. The van der Waals surface area contributed by atoms with Crippen molar-refractivity contribution in [2.75, 3.05) is 5.73 Å². The third kappa shape index (κ3) is 3.13. The minimum Gasteiger partial charge on any atom is -0.384 e. The van der Waals surface area contributed by atoms with Crippen molar-refractivity contribution < 1.29 is 9.72 Å². The van der Waals surface area contributed by atoms with Gasteiger partial charge in [0, 0.05) is 6.04 Å². The molecule has 0 radical (unpaired) electrons. The van der Waals surface area contributed by atoms with E-state index in [1.807, 2.05) is 13.8 Å². The number of pyridine rings is 1. The topological polar surface area (TPSA) is 111 Å². The monoisotopic (exact) mass is 238 g/mol. The van der Waals surface area contributed by atoms with Gasteiger partial charge in [0.05, 0.1) is 4.92 Å². The Kier molecular flexibility index (Phi) is 3.97. The van der Waals surface area contributed by atoms with Crippen LogP contribution in [0.25, 0.3) is 0 Å². The van der Waals surface area contributed by atoms with Gasteiger partial charge in [0.2, 0.25) is 0 Å². The number of anilines is 1. The van der Waals surface area contributed by atoms with Crippen molar-refractivity contribution in [3.63, 3.8) is 0 Å². The van der Waals surface area contributed by atoms with Gasteiger partial charge < -0.3 is 11.1 Å². The average Bonchev–Trinajstić information content (AvgIpc) is 2.28. The van der Waals surface area contributed by atoms with E-state index in [-0.39, 0.29) is 23.1 Å². The second kappa shape index (κ2) is 5.24. The maximum Gasteiger partial charge on any atom is 0.300 e. The molecular weight excluding hydrogens is 224 g/mol. The molecule has 0 bridgehead atoms. The van der Waals surface area contributed by atoms with Crippen LogP contribution >= 0.6 is 0 Å². The molecule has 0 saturated heterocycles. The van der Waals surface area contributed by atoms with E-state index >= 15 is 0 Å². The van der Waals surface area contributed by atoms with Crippen molar-refractivity contribution in [2.45, 2.75) is 26.3 Å². The van der Waals surface area contributed by atoms with Crippen LogP contribution in [0.4, 0.5) is 11.5 Å². The van der Waals surface area contributed by atoms with Crippen molar-refractivity contribution in [1.82, 2.24) is 10.3 Å². The van der Waals surface area contributed by atoms with Crippen LogP contribution in [0.5, 0.6) is 0 Å². The van der Waals surface area contributed by atoms with E-state index < -0.39 is 10.8 Å². The van der Waals surface area contributed by atoms with Gasteiger partial charge in [-0.1, -0.05) is 6.92 Å². The Labute approximate surface area is 98.2 Å². The molecule has 1 atom stereocenters. The number of carbonyl (C=O) groups excluding carboxylic acids is 1. The van der Waals surface area contributed by atoms with Crippen LogP contribution in [0.1, 0.15) is 30.6 Å². The first kappa shape index (κ1) is 12.9. The summed E-state index contributed by atoms with van der Waals surface area (Å²) in [6.07, 6.45) is 1.72. The molecule has 0 saturated carbocycles. The van der Waals surface area contributed by atoms with E-state index in [9.17, 15) is 14.9 Å². The van der Waals surface area contributed by atoms with Crippen LogP contribution in [0.15, 0.2) is 12.3 Å². The number of hydrogen-bond acceptors (Lipinski definition) is 5. The molecule has 1 amide bonds. The summed E-state index contributed by atoms with van der Waals surface area (Å²) in [6.45, 7) is 3.72. The van der Waals surface area contributed by atoms with Gasteiger partial charge in [-0.05, 0) is 19.4 Å². The zero-order valence-corrected chi connectivity index (χ0v) is 9.64. The first-order valence-electron chi connectivity index (χ1n) is 5.16. The molecule has 0 aliphatic carbocycles. The second-order valence-electron chi connectivity index (χ2n) is 3.67. The number of nitrogens with two attached hydrogens (primary N) is 1. The smallest absolute Gasteiger partial charge is 0.300 e. The first-order chi connectivity index (χ1) is 7.95. The third-order valence-corrected chi connectivity index (χ3v) is 2.34. The summed E-state index contributed by atoms with van der Waals surface area (Å²) >= 11 is 0. The van der Waals surface area contributed by atoms with E-state index in [0.717, 1.165) is 12.6 Å². The molecule has 0 aromatic carbocycles. The summed E-state index contributed by atoms with van der Waals surface area (Å²) in [5, 5.41) is 13.4. The van der Waals surface area contributed by atoms with Gasteiger partial charge in [-0.25, -0.2) is 4.98 Å². The molecule has 1 aromatic rings. The molecule has 1 rings (SSSR count). The molecule has 0 aliphatic rings. The minimum atomic E-state index is -0.655. The Balaban J connectivity index is 3.06. The van der Waals surface area contributed by atoms with Gasteiger partial charge in [0.25, 0.3) is 11.6 Å². The van der Waals surface area contributed by atoms with Crippen LogP contribution in [0, 0.1) is 10.1 Å². The lowest BCUT2D eigenvalue weighted by atomic mass is 10.2. The predicted molar refractivity (Wildman–Crippen MR) is 62.5 cm³/mol. The first-order valence-corrected chi connectivity index (χ1v) is 5.16. The van der Waals surface area contributed by atoms with Crippen molar-refractivity contribution in [3.05, 3.63) is 27.9 Å². The van der Waals surface area contributed by atoms with Crippen LogP contribution in [0.3, 0.4) is 0 Å². The van der Waals surface area contributed by atoms with Crippen LogP contribution in [0.2, 0.25) is 0 Å². The quantitative estimate of drug-likeness (QED) is 0.602. The highest BCUT2D eigenvalue weighted by Crippen LogP contribution is 2.19. The fraction of sp³-hybridized carbons (Fsp3) is 0.400. The molecule has 7 nitrogen and oxygen atoms in total. The number of nitro groups is 1. The number of hydrogen-bond donors (Lipinski definition) is 2. The Morgan fingerprint density at radius 2 is 2.35 bits per heavy atom. The van der Waals surface area contributed by atoms with Gasteiger partial charge >= 0.3 is 0 Å². The average molecular weight is 238 g/mol. The maximum atomic E-state index is 11.8. The van der Waals surface area contributed by atoms with Gasteiger partial charge in [-0.2, -0.15) is 0 Å². The second-order valence-corrected chi connectivity index (χ2v) is 3.67. The number of nitrogen functional groups attached to an aromatic ring is 1. The lowest BCUT2D eigenvalue weighted by Crippen LogP contribution is -2.32. The van der Waals surface area contributed by atoms with E-state index in [0.29, 0.717) is 0 Å². The van der Waals surface area contributed by atoms with Crippen LogP contribution in [-0.2, 0) is 0 Å². The van der Waals surface area contributed by atoms with Crippen LogP contribution < -0.4 is 11.1 Å². The summed E-state index contributed by atoms with van der Waals surface area (Å²) in [5.74, 6) is -0.440. The highest BCUT2D eigenvalue weighted by molar-refractivity contribution is 5.98. The highest BCUT2D eigenvalue weighted by Gasteiger charge is 2.21. The number of carbonyl (C=O) groups is 1. The molecule has 0 spiro atoms. The van der Waals surface area contributed by atoms with Crippen LogP contribution in [-0.4, -0.2) is 21.9 Å². The highest BCUT2D eigenvalue weighted by atomic mass is 16.6. The minimum absolute atomic E-state index is 0.0588. The van der Waals surface area contributed by atoms with E-state index in [1.165, 1.54) is 6.07 Å². The fourth-order valence-electron chi connectivity index (χ4n) is 1.20. The normalized spacial score (nSPS) is 11.9. The summed E-state index contributed by atoms with van der Waals surface area (Å²) in [7, 11) is 0. The molecule has 0 fully saturated rings. The van der Waals surface area contributed by atoms with E-state index in [4.69, 9.17) is 5.73 Å². The van der Waals surface area contributed by atoms with Crippen molar-refractivity contribution in [2.24, 2.45) is 0 Å². The van der Waals surface area contributed by atoms with Gasteiger partial charge in [-0.15, -0.1) is 0 Å². The molecule has 1 unspecified atom stereocenters. The Morgan fingerprint density at radius 3 is 2.88 bits per heavy atom. The lowest BCUT2D eigenvalue weighted by Gasteiger charge is -2.11. The molecule has 1 heterocycles. The predicted octanol–water partition coefficient (Wildman–Crippen LogP) is 1.10. The number of nitrogens with zero attached hydrogens (tertiary/aromatic N) is 2. The molecule has 7 heteroatoms. The molecule has 0 aliphatic heterocycles. The standard InChI is InChI=1S/C10H14N4O3/c1-3-6(2)13-10(15)7-4-9(11)12-5-8(7)14(16)17/h4-6H,3H2,1-2H3,(H2,11,12)(H,13,15). The van der Waals surface area contributed by atoms with Gasteiger partial charge in [0.15, 0.2) is 0 Å². The lowest BCUT2D eigenvalue weighted by molar-refractivity contribution is -0.385. The summed E-state index contributed by atoms with van der Waals surface area (Å²) < 4.78 is 0. The summed E-state index contributed by atoms with van der Waals surface area (Å²) in [5.41, 5.74) is 5.00. The fourth-order valence-corrected chi connectivity index (χ4v) is 1.20. The number of rotatable bonds is 4. The molecule has 3 N–H and O–H groups in total. The maximum absolute atomic E-state index is 11.8.